The van der Waals surface area contributed by atoms with E-state index in [4.69, 9.17) is 15.2 Å². The van der Waals surface area contributed by atoms with Crippen LogP contribution in [0.2, 0.25) is 0 Å². The van der Waals surface area contributed by atoms with Gasteiger partial charge in [0.15, 0.2) is 0 Å². The molecule has 0 radical (unpaired) electrons. The Morgan fingerprint density at radius 1 is 1.10 bits per heavy atom. The molecular weight excluding hydrogens is 269 g/mol. The second-order valence-electron chi connectivity index (χ2n) is 4.86. The zero-order valence-electron chi connectivity index (χ0n) is 12.3. The summed E-state index contributed by atoms with van der Waals surface area (Å²) in [5.74, 6) is 1.49. The van der Waals surface area contributed by atoms with Gasteiger partial charge >= 0.3 is 0 Å². The predicted octanol–water partition coefficient (Wildman–Crippen LogP) is 4.43. The van der Waals surface area contributed by atoms with Crippen molar-refractivity contribution in [2.45, 2.75) is 26.3 Å². The molecule has 3 nitrogen and oxygen atoms in total. The molecule has 2 rings (SSSR count). The molecule has 112 valence electrons. The van der Waals surface area contributed by atoms with Gasteiger partial charge in [0.25, 0.3) is 0 Å². The van der Waals surface area contributed by atoms with E-state index in [0.717, 1.165) is 12.2 Å². The average molecular weight is 289 g/mol. The van der Waals surface area contributed by atoms with E-state index >= 15 is 0 Å². The van der Waals surface area contributed by atoms with Crippen molar-refractivity contribution in [1.82, 2.24) is 0 Å². The van der Waals surface area contributed by atoms with Gasteiger partial charge in [-0.3, -0.25) is 0 Å². The molecule has 21 heavy (non-hydrogen) atoms. The Morgan fingerprint density at radius 2 is 1.76 bits per heavy atom. The molecule has 0 heterocycles. The highest BCUT2D eigenvalue weighted by atomic mass is 19.1. The zero-order chi connectivity index (χ0) is 15.2. The summed E-state index contributed by atoms with van der Waals surface area (Å²) in [6.45, 7) is 4.46. The molecule has 2 aromatic carbocycles. The Morgan fingerprint density at radius 3 is 2.38 bits per heavy atom. The zero-order valence-corrected chi connectivity index (χ0v) is 12.3. The van der Waals surface area contributed by atoms with Crippen molar-refractivity contribution in [3.05, 3.63) is 53.8 Å². The predicted molar refractivity (Wildman–Crippen MR) is 81.3 cm³/mol. The third-order valence-corrected chi connectivity index (χ3v) is 2.99. The maximum atomic E-state index is 13.8. The average Bonchev–Trinajstić information content (AvgIpc) is 2.46. The normalized spacial score (nSPS) is 12.0. The molecule has 0 fully saturated rings. The van der Waals surface area contributed by atoms with E-state index in [1.807, 2.05) is 12.1 Å². The van der Waals surface area contributed by atoms with Crippen LogP contribution >= 0.6 is 0 Å². The monoisotopic (exact) mass is 289 g/mol. The van der Waals surface area contributed by atoms with E-state index in [9.17, 15) is 4.39 Å². The Bertz CT molecular complexity index is 582. The molecule has 0 amide bonds. The van der Waals surface area contributed by atoms with Crippen LogP contribution in [0.4, 0.5) is 4.39 Å². The number of hydrogen-bond acceptors (Lipinski definition) is 3. The Balaban J connectivity index is 2.17. The number of nitrogens with two attached hydrogens (primary N) is 1. The Hall–Kier alpha value is -2.07. The molecule has 0 aromatic heterocycles. The molecule has 2 aromatic rings. The maximum Gasteiger partial charge on any atom is 0.135 e. The summed E-state index contributed by atoms with van der Waals surface area (Å²) in [5.41, 5.74) is 6.19. The van der Waals surface area contributed by atoms with Gasteiger partial charge in [-0.2, -0.15) is 0 Å². The number of hydrogen-bond donors (Lipinski definition) is 1. The van der Waals surface area contributed by atoms with Crippen LogP contribution in [0.15, 0.2) is 42.5 Å². The lowest BCUT2D eigenvalue weighted by Crippen LogP contribution is -2.09. The largest absolute Gasteiger partial charge is 0.494 e. The number of ether oxygens (including phenoxy) is 2. The van der Waals surface area contributed by atoms with Gasteiger partial charge in [0.1, 0.15) is 23.1 Å². The van der Waals surface area contributed by atoms with E-state index in [2.05, 4.69) is 6.92 Å². The molecule has 0 bridgehead atoms. The van der Waals surface area contributed by atoms with Crippen molar-refractivity contribution < 1.29 is 13.9 Å². The van der Waals surface area contributed by atoms with Gasteiger partial charge in [-0.25, -0.2) is 4.39 Å². The molecule has 0 saturated carbocycles. The Kier molecular flexibility index (Phi) is 5.17. The van der Waals surface area contributed by atoms with Gasteiger partial charge < -0.3 is 15.2 Å². The molecule has 0 unspecified atom stereocenters. The van der Waals surface area contributed by atoms with Crippen LogP contribution in [0.5, 0.6) is 17.2 Å². The highest BCUT2D eigenvalue weighted by Crippen LogP contribution is 2.31. The molecule has 0 spiro atoms. The molecule has 0 aliphatic rings. The summed E-state index contributed by atoms with van der Waals surface area (Å²) in [7, 11) is 0. The highest BCUT2D eigenvalue weighted by molar-refractivity contribution is 5.41. The number of halogens is 1. The second-order valence-corrected chi connectivity index (χ2v) is 4.86. The summed E-state index contributed by atoms with van der Waals surface area (Å²) in [5, 5.41) is 0. The third-order valence-electron chi connectivity index (χ3n) is 2.99. The molecule has 4 heteroatoms. The van der Waals surface area contributed by atoms with E-state index in [-0.39, 0.29) is 5.82 Å². The third kappa shape index (κ3) is 3.95. The first-order chi connectivity index (χ1) is 10.1. The van der Waals surface area contributed by atoms with E-state index < -0.39 is 6.04 Å². The van der Waals surface area contributed by atoms with Crippen molar-refractivity contribution in [3.63, 3.8) is 0 Å². The fourth-order valence-corrected chi connectivity index (χ4v) is 2.00. The summed E-state index contributed by atoms with van der Waals surface area (Å²) >= 11 is 0. The van der Waals surface area contributed by atoms with Gasteiger partial charge in [0.05, 0.1) is 6.61 Å². The second kappa shape index (κ2) is 7.09. The fourth-order valence-electron chi connectivity index (χ4n) is 2.00. The van der Waals surface area contributed by atoms with Crippen LogP contribution in [-0.2, 0) is 0 Å². The standard InChI is InChI=1S/C17H20FNO2/c1-3-11-20-13-7-9-14(10-8-13)21-16-6-4-5-15(18)17(16)12(2)19/h4-10,12H,3,11,19H2,1-2H3/t12-/m0/s1. The SMILES string of the molecule is CCCOc1ccc(Oc2cccc(F)c2[C@H](C)N)cc1. The smallest absolute Gasteiger partial charge is 0.135 e. The molecular formula is C17H20FNO2. The van der Waals surface area contributed by atoms with E-state index in [0.29, 0.717) is 23.7 Å². The van der Waals surface area contributed by atoms with Gasteiger partial charge in [-0.05, 0) is 49.7 Å². The van der Waals surface area contributed by atoms with Crippen LogP contribution in [0.3, 0.4) is 0 Å². The summed E-state index contributed by atoms with van der Waals surface area (Å²) < 4.78 is 25.1. The summed E-state index contributed by atoms with van der Waals surface area (Å²) in [4.78, 5) is 0. The van der Waals surface area contributed by atoms with Crippen molar-refractivity contribution in [1.29, 1.82) is 0 Å². The van der Waals surface area contributed by atoms with Gasteiger partial charge in [-0.1, -0.05) is 13.0 Å². The summed E-state index contributed by atoms with van der Waals surface area (Å²) in [6.07, 6.45) is 0.958. The van der Waals surface area contributed by atoms with E-state index in [1.165, 1.54) is 6.07 Å². The first-order valence-electron chi connectivity index (χ1n) is 7.06. The maximum absolute atomic E-state index is 13.8. The lowest BCUT2D eigenvalue weighted by molar-refractivity contribution is 0.317. The first kappa shape index (κ1) is 15.3. The topological polar surface area (TPSA) is 44.5 Å². The minimum Gasteiger partial charge on any atom is -0.494 e. The highest BCUT2D eigenvalue weighted by Gasteiger charge is 2.14. The van der Waals surface area contributed by atoms with Crippen LogP contribution < -0.4 is 15.2 Å². The molecule has 0 saturated heterocycles. The van der Waals surface area contributed by atoms with Crippen LogP contribution in [-0.4, -0.2) is 6.61 Å². The number of benzene rings is 2. The molecule has 0 aliphatic carbocycles. The van der Waals surface area contributed by atoms with Gasteiger partial charge in [-0.15, -0.1) is 0 Å². The quantitative estimate of drug-likeness (QED) is 0.855. The molecule has 2 N–H and O–H groups in total. The lowest BCUT2D eigenvalue weighted by atomic mass is 10.1. The fraction of sp³-hybridized carbons (Fsp3) is 0.294. The molecule has 0 aliphatic heterocycles. The van der Waals surface area contributed by atoms with Crippen LogP contribution in [0.25, 0.3) is 0 Å². The van der Waals surface area contributed by atoms with Gasteiger partial charge in [0.2, 0.25) is 0 Å². The lowest BCUT2D eigenvalue weighted by Gasteiger charge is -2.14. The minimum absolute atomic E-state index is 0.356. The van der Waals surface area contributed by atoms with E-state index in [1.54, 1.807) is 31.2 Å². The van der Waals surface area contributed by atoms with Crippen molar-refractivity contribution >= 4 is 0 Å². The minimum atomic E-state index is -0.437. The first-order valence-corrected chi connectivity index (χ1v) is 7.06. The van der Waals surface area contributed by atoms with Crippen LogP contribution in [0.1, 0.15) is 31.9 Å². The van der Waals surface area contributed by atoms with Crippen LogP contribution in [0, 0.1) is 5.82 Å². The van der Waals surface area contributed by atoms with Crippen molar-refractivity contribution in [2.75, 3.05) is 6.61 Å². The van der Waals surface area contributed by atoms with Gasteiger partial charge in [0, 0.05) is 11.6 Å². The Labute approximate surface area is 124 Å². The summed E-state index contributed by atoms with van der Waals surface area (Å²) in [6, 6.07) is 11.5. The van der Waals surface area contributed by atoms with Crippen molar-refractivity contribution in [2.24, 2.45) is 5.73 Å². The van der Waals surface area contributed by atoms with Crippen molar-refractivity contribution in [3.8, 4) is 17.2 Å². The number of rotatable bonds is 6. The molecule has 1 atom stereocenters.